The summed E-state index contributed by atoms with van der Waals surface area (Å²) in [5.74, 6) is 2.56. The zero-order valence-electron chi connectivity index (χ0n) is 42.1. The average Bonchev–Trinajstić information content (AvgIpc) is 4.30. The van der Waals surface area contributed by atoms with E-state index < -0.39 is 0 Å². The Morgan fingerprint density at radius 2 is 0.867 bits per heavy atom. The van der Waals surface area contributed by atoms with E-state index in [-0.39, 0.29) is 5.41 Å². The van der Waals surface area contributed by atoms with E-state index in [9.17, 15) is 0 Å². The van der Waals surface area contributed by atoms with Gasteiger partial charge in [-0.05, 0) is 199 Å². The molecule has 2 heterocycles. The van der Waals surface area contributed by atoms with Gasteiger partial charge in [-0.1, -0.05) is 121 Å². The topological polar surface area (TPSA) is 32.8 Å². The number of benzene rings is 10. The zero-order chi connectivity index (χ0) is 49.5. The fourth-order valence-corrected chi connectivity index (χ4v) is 15.2. The van der Waals surface area contributed by atoms with Crippen molar-refractivity contribution in [3.8, 4) is 33.4 Å². The van der Waals surface area contributed by atoms with Crippen molar-refractivity contribution in [3.63, 3.8) is 0 Å². The van der Waals surface area contributed by atoms with E-state index in [1.807, 2.05) is 0 Å². The van der Waals surface area contributed by atoms with Crippen LogP contribution in [-0.2, 0) is 5.41 Å². The van der Waals surface area contributed by atoms with Crippen molar-refractivity contribution < 1.29 is 8.83 Å². The molecule has 5 aliphatic carbocycles. The van der Waals surface area contributed by atoms with Gasteiger partial charge in [0.25, 0.3) is 0 Å². The Morgan fingerprint density at radius 1 is 0.373 bits per heavy atom. The van der Waals surface area contributed by atoms with Gasteiger partial charge in [0.15, 0.2) is 0 Å². The van der Waals surface area contributed by atoms with Crippen LogP contribution in [0.3, 0.4) is 0 Å². The van der Waals surface area contributed by atoms with Crippen LogP contribution in [0.2, 0.25) is 0 Å². The molecule has 4 fully saturated rings. The quantitative estimate of drug-likeness (QED) is 0.152. The van der Waals surface area contributed by atoms with Gasteiger partial charge in [0.05, 0.1) is 0 Å². The Bertz CT molecular complexity index is 4260. The first-order valence-corrected chi connectivity index (χ1v) is 27.0. The van der Waals surface area contributed by atoms with Crippen LogP contribution in [0, 0.1) is 37.5 Å². The summed E-state index contributed by atoms with van der Waals surface area (Å²) in [4.78, 5) is 4.79. The number of nitrogens with zero attached hydrogens (tertiary/aromatic N) is 2. The van der Waals surface area contributed by atoms with E-state index in [0.717, 1.165) is 73.1 Å². The Kier molecular flexibility index (Phi) is 9.26. The van der Waals surface area contributed by atoms with Crippen molar-refractivity contribution in [2.45, 2.75) is 44.9 Å². The van der Waals surface area contributed by atoms with Crippen LogP contribution >= 0.6 is 0 Å². The summed E-state index contributed by atoms with van der Waals surface area (Å²) in [6.07, 6.45) is 5.13. The summed E-state index contributed by atoms with van der Waals surface area (Å²) < 4.78 is 14.8. The second-order valence-electron chi connectivity index (χ2n) is 22.2. The van der Waals surface area contributed by atoms with Gasteiger partial charge in [-0.2, -0.15) is 0 Å². The molecule has 4 bridgehead atoms. The van der Waals surface area contributed by atoms with Gasteiger partial charge in [0, 0.05) is 78.3 Å². The van der Waals surface area contributed by atoms with Crippen LogP contribution in [0.25, 0.3) is 77.3 Å². The monoisotopic (exact) mass is 966 g/mol. The van der Waals surface area contributed by atoms with Crippen LogP contribution in [-0.4, -0.2) is 0 Å². The minimum Gasteiger partial charge on any atom is -0.456 e. The molecule has 5 unspecified atom stereocenters. The van der Waals surface area contributed by atoms with E-state index >= 15 is 0 Å². The number of hydrogen-bond acceptors (Lipinski definition) is 4. The highest BCUT2D eigenvalue weighted by atomic mass is 16.3. The molecule has 0 amide bonds. The van der Waals surface area contributed by atoms with Crippen LogP contribution in [0.15, 0.2) is 227 Å². The zero-order valence-corrected chi connectivity index (χ0v) is 42.1. The third-order valence-electron chi connectivity index (χ3n) is 18.1. The lowest BCUT2D eigenvalue weighted by molar-refractivity contribution is 0.191. The van der Waals surface area contributed by atoms with Gasteiger partial charge in [-0.15, -0.1) is 0 Å². The lowest BCUT2D eigenvalue weighted by Gasteiger charge is -2.43. The molecule has 1 spiro atoms. The Labute approximate surface area is 437 Å². The van der Waals surface area contributed by atoms with Crippen molar-refractivity contribution in [1.82, 2.24) is 0 Å². The summed E-state index contributed by atoms with van der Waals surface area (Å²) >= 11 is 0. The SMILES string of the molecule is Cc1cccc(N(c2cccc(-c3ccccc3)c2)c2ccc3c(c2)oc2c4c(ccc23)-c2ccc3c(oc5ccc(N(c6cccc(C)c6)c6cccc(-c7ccccc7)c6)cc53)c2C42C3CC4CC(C3)C2C4)c1. The van der Waals surface area contributed by atoms with E-state index in [0.29, 0.717) is 17.8 Å². The fraction of sp³-hybridized carbons (Fsp3) is 0.155. The van der Waals surface area contributed by atoms with Gasteiger partial charge in [-0.3, -0.25) is 0 Å². The predicted octanol–water partition coefficient (Wildman–Crippen LogP) is 19.7. The number of aryl methyl sites for hydroxylation is 2. The van der Waals surface area contributed by atoms with Crippen molar-refractivity contribution in [3.05, 3.63) is 241 Å². The molecule has 360 valence electrons. The summed E-state index contributed by atoms with van der Waals surface area (Å²) in [7, 11) is 0. The first-order valence-electron chi connectivity index (χ1n) is 27.0. The molecule has 12 aromatic rings. The first kappa shape index (κ1) is 42.9. The first-order chi connectivity index (χ1) is 36.9. The lowest BCUT2D eigenvalue weighted by Crippen LogP contribution is -2.40. The highest BCUT2D eigenvalue weighted by Crippen LogP contribution is 2.74. The third kappa shape index (κ3) is 6.35. The molecule has 5 atom stereocenters. The normalized spacial score (nSPS) is 20.0. The molecule has 10 aromatic carbocycles. The number of fused-ring (bicyclic) bond motifs is 11. The molecule has 17 rings (SSSR count). The molecule has 75 heavy (non-hydrogen) atoms. The van der Waals surface area contributed by atoms with Gasteiger partial charge in [-0.25, -0.2) is 0 Å². The third-order valence-corrected chi connectivity index (χ3v) is 18.1. The molecule has 2 aromatic heterocycles. The molecule has 0 N–H and O–H groups in total. The highest BCUT2D eigenvalue weighted by molar-refractivity contribution is 6.14. The molecule has 5 aliphatic rings. The Morgan fingerprint density at radius 3 is 1.45 bits per heavy atom. The molecular formula is C71H54N2O2. The molecular weight excluding hydrogens is 913 g/mol. The van der Waals surface area contributed by atoms with Gasteiger partial charge in [0.1, 0.15) is 22.3 Å². The number of anilines is 6. The van der Waals surface area contributed by atoms with Crippen LogP contribution < -0.4 is 9.80 Å². The predicted molar refractivity (Wildman–Crippen MR) is 309 cm³/mol. The van der Waals surface area contributed by atoms with Crippen LogP contribution in [0.1, 0.15) is 47.9 Å². The molecule has 0 aliphatic heterocycles. The van der Waals surface area contributed by atoms with Crippen molar-refractivity contribution >= 4 is 78.0 Å². The van der Waals surface area contributed by atoms with E-state index in [2.05, 4.69) is 242 Å². The Balaban J connectivity index is 0.867. The Hall–Kier alpha value is -8.60. The second-order valence-corrected chi connectivity index (χ2v) is 22.2. The van der Waals surface area contributed by atoms with Crippen molar-refractivity contribution in [1.29, 1.82) is 0 Å². The smallest absolute Gasteiger partial charge is 0.140 e. The molecule has 4 nitrogen and oxygen atoms in total. The van der Waals surface area contributed by atoms with Gasteiger partial charge >= 0.3 is 0 Å². The number of rotatable bonds is 8. The van der Waals surface area contributed by atoms with Crippen molar-refractivity contribution in [2.75, 3.05) is 9.80 Å². The van der Waals surface area contributed by atoms with E-state index in [4.69, 9.17) is 8.83 Å². The summed E-state index contributed by atoms with van der Waals surface area (Å²) in [5.41, 5.74) is 23.1. The number of furan rings is 2. The van der Waals surface area contributed by atoms with E-state index in [1.165, 1.54) is 92.1 Å². The standard InChI is InChI=1S/C71H54N2O2/c1-43-13-9-21-52(33-43)72(54-23-11-19-48(39-54)46-15-5-3-6-16-46)56-26-32-65-63(41-56)62-31-29-60-59-28-30-61-58-27-25-57(73(53-22-10-14-44(2)34-53)55-24-12-20-49(40-55)47-17-7-4-8-18-47)42-66(58)75-69(61)67(59)71(68(60)70(62)74-65)51-36-45-35-50(38-51)64(71)37-45/h3-34,39-42,45,50-51,64H,35-38H2,1-2H3. The minimum atomic E-state index is -0.203. The summed E-state index contributed by atoms with van der Waals surface area (Å²) in [6, 6.07) is 80.2. The molecule has 0 saturated heterocycles. The fourth-order valence-electron chi connectivity index (χ4n) is 15.2. The van der Waals surface area contributed by atoms with Gasteiger partial charge in [0.2, 0.25) is 0 Å². The molecule has 4 heteroatoms. The summed E-state index contributed by atoms with van der Waals surface area (Å²) in [6.45, 7) is 4.35. The number of hydrogen-bond donors (Lipinski definition) is 0. The average molecular weight is 967 g/mol. The highest BCUT2D eigenvalue weighted by Gasteiger charge is 2.67. The maximum atomic E-state index is 7.49. The summed E-state index contributed by atoms with van der Waals surface area (Å²) in [5, 5.41) is 4.70. The molecule has 4 saturated carbocycles. The maximum Gasteiger partial charge on any atom is 0.140 e. The van der Waals surface area contributed by atoms with Crippen LogP contribution in [0.5, 0.6) is 0 Å². The van der Waals surface area contributed by atoms with Gasteiger partial charge < -0.3 is 18.6 Å². The lowest BCUT2D eigenvalue weighted by atomic mass is 9.59. The van der Waals surface area contributed by atoms with E-state index in [1.54, 1.807) is 0 Å². The largest absolute Gasteiger partial charge is 0.456 e. The maximum absolute atomic E-state index is 7.49. The second kappa shape index (κ2) is 16.2. The minimum absolute atomic E-state index is 0.203. The van der Waals surface area contributed by atoms with Crippen LogP contribution in [0.4, 0.5) is 34.1 Å². The molecule has 0 radical (unpaired) electrons. The van der Waals surface area contributed by atoms with Crippen molar-refractivity contribution in [2.24, 2.45) is 23.7 Å².